The molecule has 0 fully saturated rings. The van der Waals surface area contributed by atoms with Crippen molar-refractivity contribution in [3.63, 3.8) is 0 Å². The van der Waals surface area contributed by atoms with Gasteiger partial charge < -0.3 is 9.47 Å². The summed E-state index contributed by atoms with van der Waals surface area (Å²) in [7, 11) is 0. The van der Waals surface area contributed by atoms with Gasteiger partial charge in [-0.1, -0.05) is 50.2 Å². The zero-order chi connectivity index (χ0) is 14.9. The van der Waals surface area contributed by atoms with Crippen molar-refractivity contribution in [1.82, 2.24) is 0 Å². The first kappa shape index (κ1) is 14.3. The SMILES string of the molecule is CC(C)(c1ccccc1)C(Cl)c1ccc2c(c1)OCCO2. The van der Waals surface area contributed by atoms with Crippen LogP contribution in [0.1, 0.15) is 30.4 Å². The van der Waals surface area contributed by atoms with Crippen LogP contribution in [0.2, 0.25) is 0 Å². The Bertz CT molecular complexity index is 622. The topological polar surface area (TPSA) is 18.5 Å². The summed E-state index contributed by atoms with van der Waals surface area (Å²) in [5.41, 5.74) is 2.10. The number of ether oxygens (including phenoxy) is 2. The number of fused-ring (bicyclic) bond motifs is 1. The molecule has 110 valence electrons. The van der Waals surface area contributed by atoms with Crippen molar-refractivity contribution >= 4 is 11.6 Å². The lowest BCUT2D eigenvalue weighted by atomic mass is 9.78. The lowest BCUT2D eigenvalue weighted by molar-refractivity contribution is 0.171. The first-order valence-electron chi connectivity index (χ1n) is 7.18. The fourth-order valence-electron chi connectivity index (χ4n) is 2.65. The normalized spacial score (nSPS) is 15.6. The first-order chi connectivity index (χ1) is 10.1. The van der Waals surface area contributed by atoms with Gasteiger partial charge in [-0.25, -0.2) is 0 Å². The van der Waals surface area contributed by atoms with Gasteiger partial charge in [-0.15, -0.1) is 11.6 Å². The van der Waals surface area contributed by atoms with Crippen LogP contribution in [0.4, 0.5) is 0 Å². The fourth-order valence-corrected chi connectivity index (χ4v) is 2.91. The first-order valence-corrected chi connectivity index (χ1v) is 7.62. The van der Waals surface area contributed by atoms with Crippen LogP contribution in [-0.2, 0) is 5.41 Å². The van der Waals surface area contributed by atoms with E-state index in [2.05, 4.69) is 26.0 Å². The third-order valence-corrected chi connectivity index (χ3v) is 4.81. The van der Waals surface area contributed by atoms with Gasteiger partial charge in [-0.3, -0.25) is 0 Å². The molecular formula is C18H19ClO2. The maximum atomic E-state index is 6.78. The Morgan fingerprint density at radius 2 is 1.62 bits per heavy atom. The summed E-state index contributed by atoms with van der Waals surface area (Å²) < 4.78 is 11.2. The van der Waals surface area contributed by atoms with E-state index in [1.807, 2.05) is 36.4 Å². The number of hydrogen-bond donors (Lipinski definition) is 0. The quantitative estimate of drug-likeness (QED) is 0.764. The van der Waals surface area contributed by atoms with Crippen molar-refractivity contribution in [2.24, 2.45) is 0 Å². The predicted molar refractivity (Wildman–Crippen MR) is 85.5 cm³/mol. The molecule has 3 heteroatoms. The van der Waals surface area contributed by atoms with Gasteiger partial charge in [0.25, 0.3) is 0 Å². The molecule has 2 aromatic rings. The summed E-state index contributed by atoms with van der Waals surface area (Å²) in [5, 5.41) is -0.143. The predicted octanol–water partition coefficient (Wildman–Crippen LogP) is 4.72. The second-order valence-electron chi connectivity index (χ2n) is 5.85. The molecule has 1 heterocycles. The Morgan fingerprint density at radius 1 is 0.952 bits per heavy atom. The molecule has 0 saturated heterocycles. The maximum absolute atomic E-state index is 6.78. The third kappa shape index (κ3) is 2.73. The van der Waals surface area contributed by atoms with Crippen LogP contribution >= 0.6 is 11.6 Å². The van der Waals surface area contributed by atoms with Crippen LogP contribution in [0.25, 0.3) is 0 Å². The summed E-state index contributed by atoms with van der Waals surface area (Å²) in [4.78, 5) is 0. The molecule has 2 nitrogen and oxygen atoms in total. The second kappa shape index (κ2) is 5.61. The zero-order valence-corrected chi connectivity index (χ0v) is 13.1. The van der Waals surface area contributed by atoms with Crippen LogP contribution in [0, 0.1) is 0 Å². The van der Waals surface area contributed by atoms with E-state index < -0.39 is 0 Å². The van der Waals surface area contributed by atoms with Gasteiger partial charge in [0.15, 0.2) is 11.5 Å². The van der Waals surface area contributed by atoms with E-state index >= 15 is 0 Å². The highest BCUT2D eigenvalue weighted by molar-refractivity contribution is 6.21. The molecule has 0 amide bonds. The number of halogens is 1. The lowest BCUT2D eigenvalue weighted by Gasteiger charge is -2.31. The summed E-state index contributed by atoms with van der Waals surface area (Å²) in [6.07, 6.45) is 0. The monoisotopic (exact) mass is 302 g/mol. The number of hydrogen-bond acceptors (Lipinski definition) is 2. The number of benzene rings is 2. The van der Waals surface area contributed by atoms with Crippen LogP contribution in [-0.4, -0.2) is 13.2 Å². The summed E-state index contributed by atoms with van der Waals surface area (Å²) >= 11 is 6.78. The molecule has 1 aliphatic heterocycles. The van der Waals surface area contributed by atoms with E-state index in [1.165, 1.54) is 5.56 Å². The minimum absolute atomic E-state index is 0.143. The molecule has 0 radical (unpaired) electrons. The van der Waals surface area contributed by atoms with E-state index in [9.17, 15) is 0 Å². The van der Waals surface area contributed by atoms with E-state index in [1.54, 1.807) is 0 Å². The van der Waals surface area contributed by atoms with E-state index in [0.29, 0.717) is 13.2 Å². The molecule has 3 rings (SSSR count). The van der Waals surface area contributed by atoms with Crippen LogP contribution < -0.4 is 9.47 Å². The van der Waals surface area contributed by atoms with E-state index in [0.717, 1.165) is 17.1 Å². The molecule has 21 heavy (non-hydrogen) atoms. The molecule has 0 bridgehead atoms. The Hall–Kier alpha value is -1.67. The summed E-state index contributed by atoms with van der Waals surface area (Å²) in [5.74, 6) is 1.58. The minimum Gasteiger partial charge on any atom is -0.486 e. The molecular weight excluding hydrogens is 284 g/mol. The molecule has 0 aromatic heterocycles. The van der Waals surface area contributed by atoms with E-state index in [4.69, 9.17) is 21.1 Å². The Morgan fingerprint density at radius 3 is 2.33 bits per heavy atom. The highest BCUT2D eigenvalue weighted by Gasteiger charge is 2.31. The largest absolute Gasteiger partial charge is 0.486 e. The van der Waals surface area contributed by atoms with Gasteiger partial charge in [0, 0.05) is 5.41 Å². The summed E-state index contributed by atoms with van der Waals surface area (Å²) in [6, 6.07) is 16.3. The van der Waals surface area contributed by atoms with Gasteiger partial charge in [0.2, 0.25) is 0 Å². The minimum atomic E-state index is -0.174. The average Bonchev–Trinajstić information content (AvgIpc) is 2.54. The molecule has 0 saturated carbocycles. The molecule has 1 unspecified atom stereocenters. The lowest BCUT2D eigenvalue weighted by Crippen LogP contribution is -2.23. The van der Waals surface area contributed by atoms with Crippen molar-refractivity contribution < 1.29 is 9.47 Å². The molecule has 0 aliphatic carbocycles. The smallest absolute Gasteiger partial charge is 0.161 e. The van der Waals surface area contributed by atoms with Gasteiger partial charge >= 0.3 is 0 Å². The highest BCUT2D eigenvalue weighted by atomic mass is 35.5. The van der Waals surface area contributed by atoms with Crippen LogP contribution in [0.3, 0.4) is 0 Å². The Labute approximate surface area is 130 Å². The van der Waals surface area contributed by atoms with Crippen molar-refractivity contribution in [3.05, 3.63) is 59.7 Å². The maximum Gasteiger partial charge on any atom is 0.161 e. The number of rotatable bonds is 3. The highest BCUT2D eigenvalue weighted by Crippen LogP contribution is 2.44. The molecule has 0 spiro atoms. The zero-order valence-electron chi connectivity index (χ0n) is 12.3. The average molecular weight is 303 g/mol. The van der Waals surface area contributed by atoms with Crippen molar-refractivity contribution in [2.45, 2.75) is 24.6 Å². The summed E-state index contributed by atoms with van der Waals surface area (Å²) in [6.45, 7) is 5.52. The Kier molecular flexibility index (Phi) is 3.81. The molecule has 1 aliphatic rings. The van der Waals surface area contributed by atoms with Gasteiger partial charge in [-0.05, 0) is 23.3 Å². The van der Waals surface area contributed by atoms with Crippen molar-refractivity contribution in [3.8, 4) is 11.5 Å². The van der Waals surface area contributed by atoms with Gasteiger partial charge in [0.1, 0.15) is 13.2 Å². The Balaban J connectivity index is 1.92. The van der Waals surface area contributed by atoms with Gasteiger partial charge in [-0.2, -0.15) is 0 Å². The standard InChI is InChI=1S/C18H19ClO2/c1-18(2,14-6-4-3-5-7-14)17(19)13-8-9-15-16(12-13)21-11-10-20-15/h3-9,12,17H,10-11H2,1-2H3. The van der Waals surface area contributed by atoms with Crippen molar-refractivity contribution in [1.29, 1.82) is 0 Å². The molecule has 2 aromatic carbocycles. The third-order valence-electron chi connectivity index (χ3n) is 4.01. The fraction of sp³-hybridized carbons (Fsp3) is 0.333. The molecule has 1 atom stereocenters. The molecule has 0 N–H and O–H groups in total. The second-order valence-corrected chi connectivity index (χ2v) is 6.29. The van der Waals surface area contributed by atoms with Gasteiger partial charge in [0.05, 0.1) is 5.38 Å². The van der Waals surface area contributed by atoms with Crippen LogP contribution in [0.5, 0.6) is 11.5 Å². The van der Waals surface area contributed by atoms with E-state index in [-0.39, 0.29) is 10.8 Å². The van der Waals surface area contributed by atoms with Crippen LogP contribution in [0.15, 0.2) is 48.5 Å². The van der Waals surface area contributed by atoms with Crippen molar-refractivity contribution in [2.75, 3.05) is 13.2 Å². The number of alkyl halides is 1.